The van der Waals surface area contributed by atoms with Gasteiger partial charge in [0.25, 0.3) is 5.95 Å². The maximum Gasteiger partial charge on any atom is 0.335 e. The number of carbonyl (C=O) groups is 1. The minimum atomic E-state index is -1.22. The molecule has 0 aromatic heterocycles. The second-order valence-electron chi connectivity index (χ2n) is 1.25. The van der Waals surface area contributed by atoms with Crippen LogP contribution in [0, 0.1) is 0 Å². The molecule has 0 bridgehead atoms. The molecule has 0 spiro atoms. The van der Waals surface area contributed by atoms with Crippen LogP contribution >= 0.6 is 0 Å². The SMILES string of the molecule is CCO/C(O)=C/C(=O)O. The number of aliphatic hydroxyl groups excluding tert-OH is 1. The lowest BCUT2D eigenvalue weighted by Crippen LogP contribution is -1.95. The summed E-state index contributed by atoms with van der Waals surface area (Å²) in [5.74, 6) is -1.79. The quantitative estimate of drug-likeness (QED) is 0.433. The van der Waals surface area contributed by atoms with Crippen molar-refractivity contribution in [1.29, 1.82) is 0 Å². The van der Waals surface area contributed by atoms with Crippen LogP contribution in [-0.4, -0.2) is 22.8 Å². The highest BCUT2D eigenvalue weighted by Gasteiger charge is 1.94. The third kappa shape index (κ3) is 4.67. The van der Waals surface area contributed by atoms with Gasteiger partial charge in [0.2, 0.25) is 0 Å². The number of carboxylic acids is 1. The summed E-state index contributed by atoms with van der Waals surface area (Å²) >= 11 is 0. The van der Waals surface area contributed by atoms with Crippen molar-refractivity contribution in [1.82, 2.24) is 0 Å². The third-order valence-electron chi connectivity index (χ3n) is 0.539. The van der Waals surface area contributed by atoms with Crippen LogP contribution in [0.1, 0.15) is 6.92 Å². The fraction of sp³-hybridized carbons (Fsp3) is 0.400. The summed E-state index contributed by atoms with van der Waals surface area (Å²) in [6, 6.07) is 0. The molecule has 0 aliphatic heterocycles. The Morgan fingerprint density at radius 1 is 1.67 bits per heavy atom. The third-order valence-corrected chi connectivity index (χ3v) is 0.539. The number of hydrogen-bond acceptors (Lipinski definition) is 3. The van der Waals surface area contributed by atoms with Crippen LogP contribution in [0.3, 0.4) is 0 Å². The Morgan fingerprint density at radius 3 is 2.56 bits per heavy atom. The van der Waals surface area contributed by atoms with E-state index in [9.17, 15) is 4.79 Å². The van der Waals surface area contributed by atoms with E-state index in [0.29, 0.717) is 6.08 Å². The highest BCUT2D eigenvalue weighted by molar-refractivity contribution is 5.79. The molecule has 2 N–H and O–H groups in total. The molecule has 0 saturated carbocycles. The summed E-state index contributed by atoms with van der Waals surface area (Å²) in [7, 11) is 0. The fourth-order valence-electron chi connectivity index (χ4n) is 0.295. The van der Waals surface area contributed by atoms with Gasteiger partial charge in [-0.3, -0.25) is 0 Å². The molecule has 0 amide bonds. The Bertz CT molecular complexity index is 127. The van der Waals surface area contributed by atoms with E-state index < -0.39 is 11.9 Å². The fourth-order valence-corrected chi connectivity index (χ4v) is 0.295. The second kappa shape index (κ2) is 3.77. The number of carboxylic acid groups (broad SMARTS) is 1. The smallest absolute Gasteiger partial charge is 0.335 e. The van der Waals surface area contributed by atoms with Crippen LogP contribution in [0.25, 0.3) is 0 Å². The predicted octanol–water partition coefficient (Wildman–Crippen LogP) is 0.507. The Hall–Kier alpha value is -1.19. The lowest BCUT2D eigenvalue weighted by Gasteiger charge is -1.96. The van der Waals surface area contributed by atoms with Crippen molar-refractivity contribution >= 4 is 5.97 Å². The van der Waals surface area contributed by atoms with E-state index in [0.717, 1.165) is 0 Å². The molecule has 0 aliphatic carbocycles. The van der Waals surface area contributed by atoms with Crippen LogP contribution in [0.5, 0.6) is 0 Å². The average molecular weight is 132 g/mol. The Kier molecular flexibility index (Phi) is 3.27. The summed E-state index contributed by atoms with van der Waals surface area (Å²) < 4.78 is 4.39. The van der Waals surface area contributed by atoms with E-state index in [2.05, 4.69) is 4.74 Å². The minimum Gasteiger partial charge on any atom is -0.481 e. The van der Waals surface area contributed by atoms with Crippen molar-refractivity contribution < 1.29 is 19.7 Å². The van der Waals surface area contributed by atoms with E-state index in [1.54, 1.807) is 6.92 Å². The van der Waals surface area contributed by atoms with Gasteiger partial charge < -0.3 is 14.9 Å². The molecule has 0 aromatic carbocycles. The molecule has 52 valence electrons. The monoisotopic (exact) mass is 132 g/mol. The summed E-state index contributed by atoms with van der Waals surface area (Å²) in [6.07, 6.45) is 0.587. The zero-order valence-corrected chi connectivity index (χ0v) is 5.00. The highest BCUT2D eigenvalue weighted by atomic mass is 16.6. The molecule has 0 unspecified atom stereocenters. The Morgan fingerprint density at radius 2 is 2.22 bits per heavy atom. The van der Waals surface area contributed by atoms with E-state index in [4.69, 9.17) is 10.2 Å². The first kappa shape index (κ1) is 7.81. The first-order valence-electron chi connectivity index (χ1n) is 2.43. The molecule has 4 nitrogen and oxygen atoms in total. The molecule has 0 atom stereocenters. The molecule has 0 aromatic rings. The van der Waals surface area contributed by atoms with Gasteiger partial charge in [0.1, 0.15) is 6.08 Å². The lowest BCUT2D eigenvalue weighted by atomic mass is 10.6. The molecule has 0 aliphatic rings. The number of rotatable bonds is 3. The first-order chi connectivity index (χ1) is 4.16. The van der Waals surface area contributed by atoms with E-state index >= 15 is 0 Å². The predicted molar refractivity (Wildman–Crippen MR) is 30.0 cm³/mol. The number of aliphatic hydroxyl groups is 1. The van der Waals surface area contributed by atoms with Gasteiger partial charge in [-0.2, -0.15) is 0 Å². The number of aliphatic carboxylic acids is 1. The first-order valence-corrected chi connectivity index (χ1v) is 2.43. The van der Waals surface area contributed by atoms with Crippen LogP contribution in [0.2, 0.25) is 0 Å². The lowest BCUT2D eigenvalue weighted by molar-refractivity contribution is -0.131. The Balaban J connectivity index is 3.69. The van der Waals surface area contributed by atoms with Gasteiger partial charge in [-0.15, -0.1) is 0 Å². The molecule has 4 heteroatoms. The van der Waals surface area contributed by atoms with Gasteiger partial charge in [-0.1, -0.05) is 0 Å². The van der Waals surface area contributed by atoms with Crippen molar-refractivity contribution in [2.75, 3.05) is 6.61 Å². The van der Waals surface area contributed by atoms with Crippen LogP contribution in [-0.2, 0) is 9.53 Å². The molecule has 0 saturated heterocycles. The van der Waals surface area contributed by atoms with E-state index in [-0.39, 0.29) is 6.61 Å². The van der Waals surface area contributed by atoms with Crippen molar-refractivity contribution in [3.05, 3.63) is 12.0 Å². The molecular formula is C5H8O4. The Labute approximate surface area is 52.4 Å². The van der Waals surface area contributed by atoms with Gasteiger partial charge in [0.15, 0.2) is 0 Å². The zero-order chi connectivity index (χ0) is 7.28. The van der Waals surface area contributed by atoms with Crippen molar-refractivity contribution in [3.8, 4) is 0 Å². The van der Waals surface area contributed by atoms with Crippen LogP contribution in [0.4, 0.5) is 0 Å². The zero-order valence-electron chi connectivity index (χ0n) is 5.00. The van der Waals surface area contributed by atoms with Gasteiger partial charge in [-0.25, -0.2) is 4.79 Å². The van der Waals surface area contributed by atoms with E-state index in [1.807, 2.05) is 0 Å². The second-order valence-corrected chi connectivity index (χ2v) is 1.25. The van der Waals surface area contributed by atoms with Crippen LogP contribution in [0.15, 0.2) is 12.0 Å². The average Bonchev–Trinajstić information content (AvgIpc) is 1.63. The molecular weight excluding hydrogens is 124 g/mol. The largest absolute Gasteiger partial charge is 0.481 e. The van der Waals surface area contributed by atoms with Crippen LogP contribution < -0.4 is 0 Å². The molecule has 0 radical (unpaired) electrons. The molecule has 0 heterocycles. The maximum atomic E-state index is 9.77. The number of ether oxygens (including phenoxy) is 1. The summed E-state index contributed by atoms with van der Waals surface area (Å²) in [6.45, 7) is 1.90. The standard InChI is InChI=1S/C5H8O4/c1-2-9-5(8)3-4(6)7/h3,8H,2H2,1H3,(H,6,7)/b5-3+. The minimum absolute atomic E-state index is 0.260. The van der Waals surface area contributed by atoms with Gasteiger partial charge in [0, 0.05) is 0 Å². The normalized spacial score (nSPS) is 11.0. The topological polar surface area (TPSA) is 66.8 Å². The van der Waals surface area contributed by atoms with E-state index in [1.165, 1.54) is 0 Å². The van der Waals surface area contributed by atoms with Crippen molar-refractivity contribution in [2.24, 2.45) is 0 Å². The van der Waals surface area contributed by atoms with Gasteiger partial charge in [-0.05, 0) is 6.92 Å². The molecule has 9 heavy (non-hydrogen) atoms. The maximum absolute atomic E-state index is 9.77. The van der Waals surface area contributed by atoms with Gasteiger partial charge in [0.05, 0.1) is 6.61 Å². The number of hydrogen-bond donors (Lipinski definition) is 2. The highest BCUT2D eigenvalue weighted by Crippen LogP contribution is 1.88. The summed E-state index contributed by atoms with van der Waals surface area (Å²) in [5.41, 5.74) is 0. The molecule has 0 rings (SSSR count). The van der Waals surface area contributed by atoms with Crippen molar-refractivity contribution in [2.45, 2.75) is 6.92 Å². The summed E-state index contributed by atoms with van der Waals surface area (Å²) in [5, 5.41) is 16.5. The van der Waals surface area contributed by atoms with Gasteiger partial charge >= 0.3 is 5.97 Å². The molecule has 0 fully saturated rings. The van der Waals surface area contributed by atoms with Crippen molar-refractivity contribution in [3.63, 3.8) is 0 Å². The summed E-state index contributed by atoms with van der Waals surface area (Å²) in [4.78, 5) is 9.77.